The first-order valence-electron chi connectivity index (χ1n) is 12.2. The number of carbonyl (C=O) groups excluding carboxylic acids is 1. The molecule has 6 nitrogen and oxygen atoms in total. The van der Waals surface area contributed by atoms with Crippen LogP contribution in [-0.2, 0) is 4.79 Å². The van der Waals surface area contributed by atoms with Crippen LogP contribution >= 0.6 is 0 Å². The summed E-state index contributed by atoms with van der Waals surface area (Å²) in [6.07, 6.45) is 3.35. The van der Waals surface area contributed by atoms with Crippen molar-refractivity contribution in [3.63, 3.8) is 0 Å². The fourth-order valence-corrected chi connectivity index (χ4v) is 4.56. The molecular formula is C31H33NO5. The van der Waals surface area contributed by atoms with Crippen LogP contribution in [0.5, 0.6) is 17.2 Å². The third-order valence-corrected chi connectivity index (χ3v) is 6.44. The van der Waals surface area contributed by atoms with Gasteiger partial charge in [0.1, 0.15) is 11.3 Å². The van der Waals surface area contributed by atoms with Gasteiger partial charge in [0.05, 0.1) is 27.1 Å². The Hall–Kier alpha value is -4.19. The molecule has 0 aliphatic carbocycles. The maximum Gasteiger partial charge on any atom is 0.248 e. The lowest BCUT2D eigenvalue weighted by Gasteiger charge is -2.15. The van der Waals surface area contributed by atoms with Crippen molar-refractivity contribution in [2.75, 3.05) is 26.1 Å². The molecule has 4 aromatic rings. The molecule has 6 heteroatoms. The number of ether oxygens (including phenoxy) is 3. The van der Waals surface area contributed by atoms with Crippen molar-refractivity contribution in [1.82, 2.24) is 0 Å². The number of amides is 1. The minimum atomic E-state index is -0.197. The second kappa shape index (κ2) is 10.8. The summed E-state index contributed by atoms with van der Waals surface area (Å²) < 4.78 is 23.0. The number of nitrogens with one attached hydrogen (secondary N) is 1. The van der Waals surface area contributed by atoms with E-state index in [1.54, 1.807) is 26.6 Å². The predicted octanol–water partition coefficient (Wildman–Crippen LogP) is 7.48. The Balaban J connectivity index is 1.79. The number of benzene rings is 3. The maximum atomic E-state index is 12.9. The highest BCUT2D eigenvalue weighted by Gasteiger charge is 2.20. The van der Waals surface area contributed by atoms with E-state index < -0.39 is 0 Å². The van der Waals surface area contributed by atoms with Gasteiger partial charge in [0, 0.05) is 33.8 Å². The van der Waals surface area contributed by atoms with Crippen LogP contribution in [0.15, 0.2) is 59.2 Å². The second-order valence-electron chi connectivity index (χ2n) is 9.04. The Morgan fingerprint density at radius 2 is 1.76 bits per heavy atom. The summed E-state index contributed by atoms with van der Waals surface area (Å²) >= 11 is 0. The Labute approximate surface area is 217 Å². The van der Waals surface area contributed by atoms with Crippen LogP contribution in [0.3, 0.4) is 0 Å². The lowest BCUT2D eigenvalue weighted by atomic mass is 9.96. The first kappa shape index (κ1) is 25.9. The highest BCUT2D eigenvalue weighted by Crippen LogP contribution is 2.42. The van der Waals surface area contributed by atoms with Gasteiger partial charge in [0.15, 0.2) is 11.5 Å². The monoisotopic (exact) mass is 499 g/mol. The van der Waals surface area contributed by atoms with E-state index in [1.165, 1.54) is 0 Å². The zero-order chi connectivity index (χ0) is 26.7. The average molecular weight is 500 g/mol. The predicted molar refractivity (Wildman–Crippen MR) is 149 cm³/mol. The Morgan fingerprint density at radius 3 is 2.43 bits per heavy atom. The summed E-state index contributed by atoms with van der Waals surface area (Å²) in [5, 5.41) is 3.92. The van der Waals surface area contributed by atoms with Gasteiger partial charge in [0.2, 0.25) is 5.91 Å². The van der Waals surface area contributed by atoms with Gasteiger partial charge in [-0.15, -0.1) is 0 Å². The first-order valence-corrected chi connectivity index (χ1v) is 12.2. The average Bonchev–Trinajstić information content (AvgIpc) is 3.31. The van der Waals surface area contributed by atoms with E-state index >= 15 is 0 Å². The number of hydrogen-bond donors (Lipinski definition) is 1. The first-order chi connectivity index (χ1) is 17.8. The normalized spacial score (nSPS) is 11.5. The summed E-state index contributed by atoms with van der Waals surface area (Å²) in [4.78, 5) is 12.9. The third kappa shape index (κ3) is 5.19. The van der Waals surface area contributed by atoms with Gasteiger partial charge in [0.25, 0.3) is 0 Å². The van der Waals surface area contributed by atoms with E-state index in [1.807, 2.05) is 77.1 Å². The second-order valence-corrected chi connectivity index (χ2v) is 9.04. The maximum absolute atomic E-state index is 12.9. The highest BCUT2D eigenvalue weighted by molar-refractivity contribution is 6.06. The Kier molecular flexibility index (Phi) is 7.58. The summed E-state index contributed by atoms with van der Waals surface area (Å²) in [6, 6.07) is 13.8. The quantitative estimate of drug-likeness (QED) is 0.254. The van der Waals surface area contributed by atoms with E-state index in [0.717, 1.165) is 55.6 Å². The van der Waals surface area contributed by atoms with Crippen molar-refractivity contribution in [1.29, 1.82) is 0 Å². The molecule has 3 aromatic carbocycles. The van der Waals surface area contributed by atoms with Gasteiger partial charge < -0.3 is 23.9 Å². The van der Waals surface area contributed by atoms with Crippen molar-refractivity contribution in [2.45, 2.75) is 34.6 Å². The van der Waals surface area contributed by atoms with Crippen LogP contribution in [0, 0.1) is 20.8 Å². The van der Waals surface area contributed by atoms with E-state index in [9.17, 15) is 4.79 Å². The summed E-state index contributed by atoms with van der Waals surface area (Å²) in [7, 11) is 3.23. The molecule has 0 unspecified atom stereocenters. The van der Waals surface area contributed by atoms with Crippen LogP contribution < -0.4 is 19.5 Å². The molecule has 0 atom stereocenters. The minimum absolute atomic E-state index is 0.197. The largest absolute Gasteiger partial charge is 0.493 e. The molecule has 0 fully saturated rings. The Bertz CT molecular complexity index is 1500. The van der Waals surface area contributed by atoms with Gasteiger partial charge in [-0.1, -0.05) is 23.8 Å². The molecule has 1 heterocycles. The fraction of sp³-hybridized carbons (Fsp3) is 0.258. The molecule has 1 aromatic heterocycles. The number of methoxy groups -OCH3 is 2. The molecular weight excluding hydrogens is 466 g/mol. The molecule has 0 bridgehead atoms. The van der Waals surface area contributed by atoms with Crippen LogP contribution in [0.1, 0.15) is 36.1 Å². The van der Waals surface area contributed by atoms with E-state index in [2.05, 4.69) is 5.32 Å². The van der Waals surface area contributed by atoms with E-state index in [-0.39, 0.29) is 5.91 Å². The molecule has 4 rings (SSSR count). The number of furan rings is 1. The van der Waals surface area contributed by atoms with Crippen LogP contribution in [-0.4, -0.2) is 26.7 Å². The number of anilines is 1. The molecule has 0 aliphatic heterocycles. The molecule has 0 saturated heterocycles. The number of rotatable bonds is 8. The van der Waals surface area contributed by atoms with E-state index in [4.69, 9.17) is 18.6 Å². The van der Waals surface area contributed by atoms with Gasteiger partial charge in [-0.3, -0.25) is 4.79 Å². The smallest absolute Gasteiger partial charge is 0.248 e. The number of carbonyl (C=O) groups is 1. The summed E-state index contributed by atoms with van der Waals surface area (Å²) in [5.41, 5.74) is 8.05. The number of allylic oxidation sites excluding steroid dienone is 1. The van der Waals surface area contributed by atoms with Crippen molar-refractivity contribution in [3.05, 3.63) is 77.1 Å². The van der Waals surface area contributed by atoms with Gasteiger partial charge >= 0.3 is 0 Å². The third-order valence-electron chi connectivity index (χ3n) is 6.44. The van der Waals surface area contributed by atoms with Crippen LogP contribution in [0.4, 0.5) is 5.69 Å². The van der Waals surface area contributed by atoms with Crippen LogP contribution in [0.25, 0.3) is 27.7 Å². The number of aryl methyl sites for hydroxylation is 3. The zero-order valence-corrected chi connectivity index (χ0v) is 22.4. The molecule has 1 amide bonds. The molecule has 37 heavy (non-hydrogen) atoms. The van der Waals surface area contributed by atoms with Crippen molar-refractivity contribution in [2.24, 2.45) is 0 Å². The lowest BCUT2D eigenvalue weighted by Crippen LogP contribution is -2.10. The topological polar surface area (TPSA) is 69.9 Å². The van der Waals surface area contributed by atoms with Crippen LogP contribution in [0.2, 0.25) is 0 Å². The number of hydrogen-bond acceptors (Lipinski definition) is 5. The molecule has 0 spiro atoms. The standard InChI is InChI=1S/C31H33NO5/c1-8-36-30-21(5)31-24(25(17-37-31)22-10-12-27(34-6)28(15-22)35-7)16-23(30)19(3)14-29(33)32-26-11-9-18(2)13-20(26)4/h9-17H,8H2,1-7H3,(H,32,33)/b19-14+. The van der Waals surface area contributed by atoms with Crippen molar-refractivity contribution < 1.29 is 23.4 Å². The van der Waals surface area contributed by atoms with Gasteiger partial charge in [-0.25, -0.2) is 0 Å². The fourth-order valence-electron chi connectivity index (χ4n) is 4.56. The Morgan fingerprint density at radius 1 is 1.00 bits per heavy atom. The van der Waals surface area contributed by atoms with Gasteiger partial charge in [-0.2, -0.15) is 0 Å². The molecule has 0 radical (unpaired) electrons. The molecule has 0 aliphatic rings. The van der Waals surface area contributed by atoms with Crippen molar-refractivity contribution in [3.8, 4) is 28.4 Å². The molecule has 192 valence electrons. The summed E-state index contributed by atoms with van der Waals surface area (Å²) in [5.74, 6) is 1.80. The SMILES string of the molecule is CCOc1c(/C(C)=C/C(=O)Nc2ccc(C)cc2C)cc2c(-c3ccc(OC)c(OC)c3)coc2c1C. The van der Waals surface area contributed by atoms with Crippen molar-refractivity contribution >= 4 is 28.1 Å². The highest BCUT2D eigenvalue weighted by atomic mass is 16.5. The summed E-state index contributed by atoms with van der Waals surface area (Å²) in [6.45, 7) is 10.3. The molecule has 0 saturated carbocycles. The molecule has 1 N–H and O–H groups in total. The van der Waals surface area contributed by atoms with E-state index in [0.29, 0.717) is 23.9 Å². The number of fused-ring (bicyclic) bond motifs is 1. The van der Waals surface area contributed by atoms with Gasteiger partial charge in [-0.05, 0) is 75.6 Å². The zero-order valence-electron chi connectivity index (χ0n) is 22.4. The lowest BCUT2D eigenvalue weighted by molar-refractivity contribution is -0.111. The minimum Gasteiger partial charge on any atom is -0.493 e.